The zero-order valence-electron chi connectivity index (χ0n) is 7.09. The lowest BCUT2D eigenvalue weighted by Gasteiger charge is -1.91. The first-order valence-electron chi connectivity index (χ1n) is 3.69. The summed E-state index contributed by atoms with van der Waals surface area (Å²) in [6.45, 7) is 3.55. The standard InChI is InChI=1S/C9H10O3/c1-6-5-7(2)12-9(6)8(11)3-4-10/h4-5H,3H2,1-2H3. The van der Waals surface area contributed by atoms with E-state index in [4.69, 9.17) is 4.42 Å². The van der Waals surface area contributed by atoms with Crippen LogP contribution in [0, 0.1) is 13.8 Å². The number of carbonyl (C=O) groups is 2. The third-order valence-electron chi connectivity index (χ3n) is 1.56. The summed E-state index contributed by atoms with van der Waals surface area (Å²) in [5.74, 6) is 0.747. The van der Waals surface area contributed by atoms with Gasteiger partial charge in [0.05, 0.1) is 6.42 Å². The monoisotopic (exact) mass is 166 g/mol. The zero-order valence-corrected chi connectivity index (χ0v) is 7.09. The molecule has 0 N–H and O–H groups in total. The highest BCUT2D eigenvalue weighted by atomic mass is 16.3. The van der Waals surface area contributed by atoms with E-state index in [1.54, 1.807) is 19.9 Å². The molecule has 64 valence electrons. The van der Waals surface area contributed by atoms with Gasteiger partial charge in [0.15, 0.2) is 5.76 Å². The second-order valence-electron chi connectivity index (χ2n) is 2.66. The van der Waals surface area contributed by atoms with Crippen molar-refractivity contribution < 1.29 is 14.0 Å². The number of aldehydes is 1. The van der Waals surface area contributed by atoms with Gasteiger partial charge >= 0.3 is 0 Å². The van der Waals surface area contributed by atoms with E-state index >= 15 is 0 Å². The van der Waals surface area contributed by atoms with Crippen LogP contribution in [0.15, 0.2) is 10.5 Å². The van der Waals surface area contributed by atoms with E-state index in [1.807, 2.05) is 0 Å². The Labute approximate surface area is 70.4 Å². The van der Waals surface area contributed by atoms with E-state index in [0.717, 1.165) is 5.56 Å². The second kappa shape index (κ2) is 3.34. The van der Waals surface area contributed by atoms with Gasteiger partial charge in [0, 0.05) is 0 Å². The van der Waals surface area contributed by atoms with Crippen molar-refractivity contribution in [3.05, 3.63) is 23.2 Å². The maximum absolute atomic E-state index is 11.2. The number of hydrogen-bond acceptors (Lipinski definition) is 3. The van der Waals surface area contributed by atoms with Gasteiger partial charge in [-0.05, 0) is 25.5 Å². The van der Waals surface area contributed by atoms with E-state index in [1.165, 1.54) is 0 Å². The molecule has 1 rings (SSSR count). The van der Waals surface area contributed by atoms with Crippen LogP contribution in [0.5, 0.6) is 0 Å². The summed E-state index contributed by atoms with van der Waals surface area (Å²) in [4.78, 5) is 21.2. The Morgan fingerprint density at radius 1 is 1.58 bits per heavy atom. The Balaban J connectivity index is 2.94. The molecule has 0 bridgehead atoms. The van der Waals surface area contributed by atoms with Gasteiger partial charge < -0.3 is 9.21 Å². The molecule has 0 aliphatic heterocycles. The predicted octanol–water partition coefficient (Wildman–Crippen LogP) is 1.67. The van der Waals surface area contributed by atoms with E-state index in [9.17, 15) is 9.59 Å². The fourth-order valence-electron chi connectivity index (χ4n) is 1.09. The summed E-state index contributed by atoms with van der Waals surface area (Å²) >= 11 is 0. The van der Waals surface area contributed by atoms with Crippen molar-refractivity contribution in [1.29, 1.82) is 0 Å². The molecule has 0 aliphatic rings. The smallest absolute Gasteiger partial charge is 0.205 e. The van der Waals surface area contributed by atoms with Crippen LogP contribution in [0.4, 0.5) is 0 Å². The Bertz CT molecular complexity index is 310. The number of rotatable bonds is 3. The van der Waals surface area contributed by atoms with Gasteiger partial charge in [-0.25, -0.2) is 0 Å². The first kappa shape index (κ1) is 8.71. The molecule has 1 heterocycles. The lowest BCUT2D eigenvalue weighted by molar-refractivity contribution is -0.107. The fourth-order valence-corrected chi connectivity index (χ4v) is 1.09. The highest BCUT2D eigenvalue weighted by Gasteiger charge is 2.12. The van der Waals surface area contributed by atoms with Crippen LogP contribution >= 0.6 is 0 Å². The molecule has 1 aromatic heterocycles. The zero-order chi connectivity index (χ0) is 9.14. The van der Waals surface area contributed by atoms with Crippen LogP contribution < -0.4 is 0 Å². The molecule has 0 fully saturated rings. The molecule has 0 amide bonds. The van der Waals surface area contributed by atoms with Gasteiger partial charge in [0.1, 0.15) is 12.0 Å². The second-order valence-corrected chi connectivity index (χ2v) is 2.66. The molecule has 0 saturated heterocycles. The third kappa shape index (κ3) is 1.61. The number of aryl methyl sites for hydroxylation is 2. The SMILES string of the molecule is Cc1cc(C)c(C(=O)CC=O)o1. The number of carbonyl (C=O) groups excluding carboxylic acids is 2. The Morgan fingerprint density at radius 3 is 2.67 bits per heavy atom. The van der Waals surface area contributed by atoms with Crippen LogP contribution in [0.2, 0.25) is 0 Å². The van der Waals surface area contributed by atoms with Crippen LogP contribution in [-0.2, 0) is 4.79 Å². The average molecular weight is 166 g/mol. The third-order valence-corrected chi connectivity index (χ3v) is 1.56. The molecule has 1 aromatic rings. The molecule has 0 saturated carbocycles. The minimum absolute atomic E-state index is 0.103. The minimum atomic E-state index is -0.254. The molecule has 0 atom stereocenters. The molecular weight excluding hydrogens is 156 g/mol. The van der Waals surface area contributed by atoms with E-state index in [-0.39, 0.29) is 12.2 Å². The van der Waals surface area contributed by atoms with Gasteiger partial charge in [-0.1, -0.05) is 0 Å². The summed E-state index contributed by atoms with van der Waals surface area (Å²) in [6.07, 6.45) is 0.480. The number of furan rings is 1. The van der Waals surface area contributed by atoms with Crippen molar-refractivity contribution in [3.63, 3.8) is 0 Å². The maximum Gasteiger partial charge on any atom is 0.205 e. The van der Waals surface area contributed by atoms with Crippen molar-refractivity contribution in [2.24, 2.45) is 0 Å². The van der Waals surface area contributed by atoms with Gasteiger partial charge in [-0.15, -0.1) is 0 Å². The van der Waals surface area contributed by atoms with Crippen molar-refractivity contribution in [1.82, 2.24) is 0 Å². The topological polar surface area (TPSA) is 47.3 Å². The van der Waals surface area contributed by atoms with Crippen molar-refractivity contribution in [3.8, 4) is 0 Å². The number of ketones is 1. The molecule has 3 nitrogen and oxygen atoms in total. The normalized spacial score (nSPS) is 9.83. The number of hydrogen-bond donors (Lipinski definition) is 0. The summed E-state index contributed by atoms with van der Waals surface area (Å²) in [6, 6.07) is 1.78. The van der Waals surface area contributed by atoms with E-state index in [0.29, 0.717) is 17.8 Å². The Kier molecular flexibility index (Phi) is 2.43. The molecule has 3 heteroatoms. The number of Topliss-reactive ketones (excluding diaryl/α,β-unsaturated/α-hetero) is 1. The maximum atomic E-state index is 11.2. The Hall–Kier alpha value is -1.38. The first-order chi connectivity index (χ1) is 5.65. The fraction of sp³-hybridized carbons (Fsp3) is 0.333. The van der Waals surface area contributed by atoms with Crippen LogP contribution in [0.25, 0.3) is 0 Å². The van der Waals surface area contributed by atoms with Gasteiger partial charge in [0.25, 0.3) is 0 Å². The Morgan fingerprint density at radius 2 is 2.25 bits per heavy atom. The highest BCUT2D eigenvalue weighted by molar-refractivity contribution is 6.01. The molecule has 0 spiro atoms. The van der Waals surface area contributed by atoms with Crippen LogP contribution in [-0.4, -0.2) is 12.1 Å². The summed E-state index contributed by atoms with van der Waals surface area (Å²) in [5.41, 5.74) is 0.791. The summed E-state index contributed by atoms with van der Waals surface area (Å²) < 4.78 is 5.12. The van der Waals surface area contributed by atoms with Gasteiger partial charge in [0.2, 0.25) is 5.78 Å². The van der Waals surface area contributed by atoms with Crippen molar-refractivity contribution >= 4 is 12.1 Å². The minimum Gasteiger partial charge on any atom is -0.458 e. The van der Waals surface area contributed by atoms with Crippen LogP contribution in [0.1, 0.15) is 28.3 Å². The van der Waals surface area contributed by atoms with Gasteiger partial charge in [-0.2, -0.15) is 0 Å². The first-order valence-corrected chi connectivity index (χ1v) is 3.69. The lowest BCUT2D eigenvalue weighted by atomic mass is 10.2. The highest BCUT2D eigenvalue weighted by Crippen LogP contribution is 2.14. The molecule has 12 heavy (non-hydrogen) atoms. The molecule has 0 aromatic carbocycles. The summed E-state index contributed by atoms with van der Waals surface area (Å²) in [5, 5.41) is 0. The van der Waals surface area contributed by atoms with Crippen molar-refractivity contribution in [2.75, 3.05) is 0 Å². The molecule has 0 aliphatic carbocycles. The van der Waals surface area contributed by atoms with E-state index in [2.05, 4.69) is 0 Å². The van der Waals surface area contributed by atoms with Crippen molar-refractivity contribution in [2.45, 2.75) is 20.3 Å². The van der Waals surface area contributed by atoms with Crippen LogP contribution in [0.3, 0.4) is 0 Å². The lowest BCUT2D eigenvalue weighted by Crippen LogP contribution is -1.99. The molecule has 0 radical (unpaired) electrons. The summed E-state index contributed by atoms with van der Waals surface area (Å²) in [7, 11) is 0. The van der Waals surface area contributed by atoms with Gasteiger partial charge in [-0.3, -0.25) is 4.79 Å². The predicted molar refractivity (Wildman–Crippen MR) is 43.2 cm³/mol. The molecule has 0 unspecified atom stereocenters. The van der Waals surface area contributed by atoms with E-state index < -0.39 is 0 Å². The average Bonchev–Trinajstić information content (AvgIpc) is 2.30. The quantitative estimate of drug-likeness (QED) is 0.390. The largest absolute Gasteiger partial charge is 0.458 e. The molecular formula is C9H10O3.